The van der Waals surface area contributed by atoms with E-state index in [1.54, 1.807) is 0 Å². The van der Waals surface area contributed by atoms with Crippen molar-refractivity contribution in [3.05, 3.63) is 186 Å². The molecule has 0 unspecified atom stereocenters. The standard InChI is InChI=1S/C51H35N5/c1-33-24-25-36(35-26-28-48-42(30-35)39-18-9-12-22-46(39)55(48)38-16-6-3-7-17-38)31-45(33)52-37-27-29-49-43(32-37)40-19-10-13-23-47(40)56(49)51-53-44-21-11-8-20-41(44)50(54-51)34-14-4-2-5-15-34/h2-26,28-32H,27H2,1H3/b52-37+. The second kappa shape index (κ2) is 12.9. The number of benzene rings is 7. The van der Waals surface area contributed by atoms with Gasteiger partial charge in [0.05, 0.1) is 38.8 Å². The Labute approximate surface area is 323 Å². The maximum absolute atomic E-state index is 5.33. The first-order chi connectivity index (χ1) is 27.7. The molecule has 1 aliphatic carbocycles. The number of hydrogen-bond donors (Lipinski definition) is 0. The maximum atomic E-state index is 5.33. The Morgan fingerprint density at radius 2 is 1.16 bits per heavy atom. The van der Waals surface area contributed by atoms with E-state index in [0.29, 0.717) is 12.4 Å². The highest BCUT2D eigenvalue weighted by atomic mass is 15.2. The summed E-state index contributed by atoms with van der Waals surface area (Å²) in [6.07, 6.45) is 5.23. The third kappa shape index (κ3) is 5.20. The van der Waals surface area contributed by atoms with Crippen molar-refractivity contribution in [2.24, 2.45) is 4.99 Å². The van der Waals surface area contributed by atoms with Crippen LogP contribution in [0.2, 0.25) is 0 Å². The monoisotopic (exact) mass is 717 g/mol. The molecule has 0 spiro atoms. The molecule has 0 bridgehead atoms. The van der Waals surface area contributed by atoms with E-state index in [0.717, 1.165) is 71.8 Å². The molecule has 0 aliphatic heterocycles. The molecule has 264 valence electrons. The van der Waals surface area contributed by atoms with Gasteiger partial charge in [-0.2, -0.15) is 0 Å². The van der Waals surface area contributed by atoms with Crippen LogP contribution >= 0.6 is 0 Å². The van der Waals surface area contributed by atoms with Crippen molar-refractivity contribution in [3.8, 4) is 34.0 Å². The van der Waals surface area contributed by atoms with Gasteiger partial charge in [-0.25, -0.2) is 9.97 Å². The minimum atomic E-state index is 0.664. The summed E-state index contributed by atoms with van der Waals surface area (Å²) in [6.45, 7) is 2.14. The lowest BCUT2D eigenvalue weighted by atomic mass is 10.0. The second-order valence-corrected chi connectivity index (χ2v) is 14.5. The molecule has 3 heterocycles. The van der Waals surface area contributed by atoms with Crippen LogP contribution in [0.15, 0.2) is 175 Å². The summed E-state index contributed by atoms with van der Waals surface area (Å²) in [5.74, 6) is 0.664. The van der Waals surface area contributed by atoms with E-state index in [4.69, 9.17) is 15.0 Å². The van der Waals surface area contributed by atoms with Gasteiger partial charge in [-0.1, -0.05) is 127 Å². The fourth-order valence-electron chi connectivity index (χ4n) is 8.41. The molecule has 0 atom stereocenters. The highest BCUT2D eigenvalue weighted by molar-refractivity contribution is 6.16. The van der Waals surface area contributed by atoms with Gasteiger partial charge >= 0.3 is 0 Å². The summed E-state index contributed by atoms with van der Waals surface area (Å²) in [5, 5.41) is 6.90. The smallest absolute Gasteiger partial charge is 0.235 e. The predicted octanol–water partition coefficient (Wildman–Crippen LogP) is 11.1. The van der Waals surface area contributed by atoms with Gasteiger partial charge in [-0.05, 0) is 78.2 Å². The fraction of sp³-hybridized carbons (Fsp3) is 0.0392. The summed E-state index contributed by atoms with van der Waals surface area (Å²) in [6, 6.07) is 59.9. The first-order valence-corrected chi connectivity index (χ1v) is 19.1. The van der Waals surface area contributed by atoms with Gasteiger partial charge in [-0.15, -0.1) is 0 Å². The van der Waals surface area contributed by atoms with Crippen LogP contribution in [-0.2, 0) is 0 Å². The summed E-state index contributed by atoms with van der Waals surface area (Å²) in [4.78, 5) is 15.7. The number of aliphatic imine (C=N–C) groups is 1. The van der Waals surface area contributed by atoms with Gasteiger partial charge < -0.3 is 4.57 Å². The minimum Gasteiger partial charge on any atom is -0.309 e. The first-order valence-electron chi connectivity index (χ1n) is 19.1. The molecule has 0 N–H and O–H groups in total. The average molecular weight is 718 g/mol. The van der Waals surface area contributed by atoms with Crippen LogP contribution in [-0.4, -0.2) is 24.8 Å². The summed E-state index contributed by atoms with van der Waals surface area (Å²) in [5.41, 5.74) is 13.0. The molecule has 0 radical (unpaired) electrons. The number of para-hydroxylation sites is 4. The molecule has 0 amide bonds. The third-order valence-corrected chi connectivity index (χ3v) is 11.1. The predicted molar refractivity (Wildman–Crippen MR) is 233 cm³/mol. The Bertz CT molecular complexity index is 3330. The molecule has 3 aromatic heterocycles. The van der Waals surface area contributed by atoms with Crippen molar-refractivity contribution in [1.29, 1.82) is 0 Å². The van der Waals surface area contributed by atoms with Crippen LogP contribution in [0.1, 0.15) is 12.0 Å². The van der Waals surface area contributed by atoms with Crippen LogP contribution in [0.4, 0.5) is 5.69 Å². The largest absolute Gasteiger partial charge is 0.309 e. The number of hydrogen-bond acceptors (Lipinski definition) is 3. The Hall–Kier alpha value is -7.37. The Balaban J connectivity index is 1.02. The van der Waals surface area contributed by atoms with Crippen molar-refractivity contribution >= 4 is 67.2 Å². The number of fused-ring (bicyclic) bond motifs is 7. The van der Waals surface area contributed by atoms with Gasteiger partial charge in [0.25, 0.3) is 0 Å². The molecule has 10 aromatic rings. The van der Waals surface area contributed by atoms with Crippen LogP contribution in [0.5, 0.6) is 0 Å². The summed E-state index contributed by atoms with van der Waals surface area (Å²) in [7, 11) is 0. The van der Waals surface area contributed by atoms with Gasteiger partial charge in [-0.3, -0.25) is 9.56 Å². The maximum Gasteiger partial charge on any atom is 0.235 e. The summed E-state index contributed by atoms with van der Waals surface area (Å²) < 4.78 is 4.57. The van der Waals surface area contributed by atoms with Crippen molar-refractivity contribution in [2.75, 3.05) is 0 Å². The highest BCUT2D eigenvalue weighted by Gasteiger charge is 2.18. The zero-order valence-corrected chi connectivity index (χ0v) is 30.8. The van der Waals surface area contributed by atoms with E-state index < -0.39 is 0 Å². The quantitative estimate of drug-likeness (QED) is 0.178. The van der Waals surface area contributed by atoms with Gasteiger partial charge in [0.2, 0.25) is 5.95 Å². The van der Waals surface area contributed by atoms with E-state index in [-0.39, 0.29) is 0 Å². The van der Waals surface area contributed by atoms with E-state index in [1.807, 2.05) is 12.1 Å². The number of nitrogens with zero attached hydrogens (tertiary/aromatic N) is 5. The van der Waals surface area contributed by atoms with Crippen LogP contribution in [0, 0.1) is 6.92 Å². The third-order valence-electron chi connectivity index (χ3n) is 11.1. The second-order valence-electron chi connectivity index (χ2n) is 14.5. The van der Waals surface area contributed by atoms with E-state index >= 15 is 0 Å². The van der Waals surface area contributed by atoms with Crippen molar-refractivity contribution in [2.45, 2.75) is 13.3 Å². The average Bonchev–Trinajstić information content (AvgIpc) is 3.77. The van der Waals surface area contributed by atoms with E-state index in [1.165, 1.54) is 27.4 Å². The molecule has 56 heavy (non-hydrogen) atoms. The zero-order chi connectivity index (χ0) is 37.2. The lowest BCUT2D eigenvalue weighted by molar-refractivity contribution is 0.949. The molecule has 5 heteroatoms. The number of aromatic nitrogens is 4. The fourth-order valence-corrected chi connectivity index (χ4v) is 8.41. The topological polar surface area (TPSA) is 48.0 Å². The van der Waals surface area contributed by atoms with Crippen LogP contribution < -0.4 is 10.6 Å². The lowest BCUT2D eigenvalue weighted by Gasteiger charge is -2.12. The first kappa shape index (κ1) is 32.1. The highest BCUT2D eigenvalue weighted by Crippen LogP contribution is 2.36. The molecular formula is C51H35N5. The normalized spacial score (nSPS) is 13.3. The van der Waals surface area contributed by atoms with Crippen LogP contribution in [0.3, 0.4) is 0 Å². The molecule has 5 nitrogen and oxygen atoms in total. The van der Waals surface area contributed by atoms with Crippen molar-refractivity contribution < 1.29 is 0 Å². The molecule has 7 aromatic carbocycles. The van der Waals surface area contributed by atoms with E-state index in [2.05, 4.69) is 186 Å². The Morgan fingerprint density at radius 3 is 1.98 bits per heavy atom. The van der Waals surface area contributed by atoms with E-state index in [9.17, 15) is 0 Å². The molecule has 0 fully saturated rings. The number of aryl methyl sites for hydroxylation is 1. The molecule has 1 aliphatic rings. The molecular weight excluding hydrogens is 683 g/mol. The zero-order valence-electron chi connectivity index (χ0n) is 30.8. The lowest BCUT2D eigenvalue weighted by Crippen LogP contribution is -2.33. The van der Waals surface area contributed by atoms with Gasteiger partial charge in [0, 0.05) is 50.1 Å². The Morgan fingerprint density at radius 1 is 0.518 bits per heavy atom. The van der Waals surface area contributed by atoms with Gasteiger partial charge in [0.1, 0.15) is 0 Å². The summed E-state index contributed by atoms with van der Waals surface area (Å²) >= 11 is 0. The van der Waals surface area contributed by atoms with Crippen molar-refractivity contribution in [3.63, 3.8) is 0 Å². The Kier molecular flexibility index (Phi) is 7.39. The molecule has 11 rings (SSSR count). The number of rotatable bonds is 5. The SMILES string of the molecule is Cc1ccc(-c2ccc3c(c2)c2ccccc2n3-c2ccccc2)cc1/N=C1/C=c2c(n(-c3nc(-c4ccccc4)c4ccccc4n3)c3ccccc23)=CC1. The van der Waals surface area contributed by atoms with Crippen molar-refractivity contribution in [1.82, 2.24) is 19.1 Å². The minimum absolute atomic E-state index is 0.664. The molecule has 0 saturated heterocycles. The molecule has 0 saturated carbocycles. The van der Waals surface area contributed by atoms with Crippen LogP contribution in [0.25, 0.3) is 89.8 Å². The van der Waals surface area contributed by atoms with Gasteiger partial charge in [0.15, 0.2) is 0 Å².